The fourth-order valence-electron chi connectivity index (χ4n) is 5.98. The van der Waals surface area contributed by atoms with Crippen LogP contribution < -0.4 is 0 Å². The first kappa shape index (κ1) is 36.3. The van der Waals surface area contributed by atoms with Crippen LogP contribution in [0.25, 0.3) is 68.1 Å². The van der Waals surface area contributed by atoms with E-state index in [1.54, 1.807) is 0 Å². The van der Waals surface area contributed by atoms with Gasteiger partial charge in [0, 0.05) is 51.5 Å². The summed E-state index contributed by atoms with van der Waals surface area (Å²) in [4.78, 5) is 44.4. The number of rotatable bonds is 10. The zero-order chi connectivity index (χ0) is 37.9. The molecule has 0 atom stereocenters. The maximum atomic E-state index is 5.12. The third-order valence-electron chi connectivity index (χ3n) is 9.06. The molecule has 270 valence electrons. The van der Waals surface area contributed by atoms with E-state index in [1.165, 1.54) is 0 Å². The van der Waals surface area contributed by atoms with Crippen molar-refractivity contribution in [2.75, 3.05) is 0 Å². The molecule has 0 fully saturated rings. The number of nitrogens with zero attached hydrogens (tertiary/aromatic N) is 9. The summed E-state index contributed by atoms with van der Waals surface area (Å²) in [6.07, 6.45) is 0. The molecule has 0 N–H and O–H groups in total. The van der Waals surface area contributed by atoms with Crippen LogP contribution in [0.2, 0.25) is 0 Å². The van der Waals surface area contributed by atoms with Crippen molar-refractivity contribution in [3.05, 3.63) is 126 Å². The highest BCUT2D eigenvalue weighted by molar-refractivity contribution is 5.84. The molecule has 9 heteroatoms. The molecule has 9 nitrogen and oxygen atoms in total. The summed E-state index contributed by atoms with van der Waals surface area (Å²) in [5, 5.41) is 0. The third-order valence-corrected chi connectivity index (χ3v) is 9.06. The molecule has 0 unspecified atom stereocenters. The summed E-state index contributed by atoms with van der Waals surface area (Å²) >= 11 is 0. The lowest BCUT2D eigenvalue weighted by Gasteiger charge is -2.15. The van der Waals surface area contributed by atoms with Crippen LogP contribution in [-0.4, -0.2) is 44.9 Å². The highest BCUT2D eigenvalue weighted by atomic mass is 15.1. The van der Waals surface area contributed by atoms with E-state index < -0.39 is 0 Å². The van der Waals surface area contributed by atoms with Gasteiger partial charge in [0.05, 0.1) is 0 Å². The van der Waals surface area contributed by atoms with E-state index in [0.29, 0.717) is 29.1 Å². The molecule has 0 aliphatic heterocycles. The maximum absolute atomic E-state index is 5.12. The molecule has 0 radical (unpaired) electrons. The van der Waals surface area contributed by atoms with Gasteiger partial charge in [0.2, 0.25) is 0 Å². The fourth-order valence-corrected chi connectivity index (χ4v) is 5.98. The molecule has 4 aromatic carbocycles. The Balaban J connectivity index is 1.40. The van der Waals surface area contributed by atoms with Gasteiger partial charge in [0.15, 0.2) is 29.1 Å². The van der Waals surface area contributed by atoms with Crippen molar-refractivity contribution in [3.8, 4) is 68.1 Å². The molecule has 0 bridgehead atoms. The van der Waals surface area contributed by atoms with E-state index in [0.717, 1.165) is 62.2 Å². The van der Waals surface area contributed by atoms with Gasteiger partial charge in [-0.05, 0) is 29.3 Å². The second-order valence-corrected chi connectivity index (χ2v) is 14.7. The quantitative estimate of drug-likeness (QED) is 0.137. The number of benzene rings is 4. The first-order valence-corrected chi connectivity index (χ1v) is 18.7. The van der Waals surface area contributed by atoms with Crippen molar-refractivity contribution in [2.45, 2.75) is 79.1 Å². The van der Waals surface area contributed by atoms with Gasteiger partial charge in [0.25, 0.3) is 0 Å². The van der Waals surface area contributed by atoms with Crippen molar-refractivity contribution >= 4 is 0 Å². The van der Waals surface area contributed by atoms with E-state index in [9.17, 15) is 0 Å². The van der Waals surface area contributed by atoms with Crippen molar-refractivity contribution in [2.24, 2.45) is 0 Å². The minimum absolute atomic E-state index is 0.155. The molecular formula is C45H45N9. The normalized spacial score (nSPS) is 11.6. The average Bonchev–Trinajstić information content (AvgIpc) is 3.20. The van der Waals surface area contributed by atoms with Gasteiger partial charge >= 0.3 is 0 Å². The highest BCUT2D eigenvalue weighted by Crippen LogP contribution is 2.36. The standard InChI is InChI=1S/C45H45N9/c1-26(2)37-46-38(27(3)4)49-42(48-37)32-20-15-21-33(24-32)43-52-41(31-18-13-10-14-19-31)53-44(54-43)34-22-23-35(36(25-34)30-16-11-9-12-17-30)45-50-39(28(5)6)47-40(51-45)29(7)8/h9-29H,1-8H3. The van der Waals surface area contributed by atoms with Crippen molar-refractivity contribution in [3.63, 3.8) is 0 Å². The Morgan fingerprint density at radius 1 is 0.278 bits per heavy atom. The number of hydrogen-bond donors (Lipinski definition) is 0. The van der Waals surface area contributed by atoms with Crippen LogP contribution in [0.4, 0.5) is 0 Å². The molecule has 0 amide bonds. The summed E-state index contributed by atoms with van der Waals surface area (Å²) in [7, 11) is 0. The molecule has 3 aromatic heterocycles. The predicted octanol–water partition coefficient (Wildman–Crippen LogP) is 10.7. The minimum Gasteiger partial charge on any atom is -0.217 e. The lowest BCUT2D eigenvalue weighted by Crippen LogP contribution is -2.08. The van der Waals surface area contributed by atoms with E-state index in [1.807, 2.05) is 72.8 Å². The molecule has 0 aliphatic rings. The Kier molecular flexibility index (Phi) is 10.4. The first-order chi connectivity index (χ1) is 26.0. The monoisotopic (exact) mass is 711 g/mol. The Morgan fingerprint density at radius 3 is 1.11 bits per heavy atom. The van der Waals surface area contributed by atoms with Gasteiger partial charge in [-0.2, -0.15) is 0 Å². The first-order valence-electron chi connectivity index (χ1n) is 18.7. The highest BCUT2D eigenvalue weighted by Gasteiger charge is 2.20. The molecular weight excluding hydrogens is 667 g/mol. The molecule has 3 heterocycles. The van der Waals surface area contributed by atoms with Crippen LogP contribution in [0.5, 0.6) is 0 Å². The van der Waals surface area contributed by atoms with Gasteiger partial charge in [-0.1, -0.05) is 140 Å². The van der Waals surface area contributed by atoms with Gasteiger partial charge in [0.1, 0.15) is 23.3 Å². The molecule has 0 saturated carbocycles. The van der Waals surface area contributed by atoms with Gasteiger partial charge in [-0.15, -0.1) is 0 Å². The minimum atomic E-state index is 0.155. The Morgan fingerprint density at radius 2 is 0.648 bits per heavy atom. The maximum Gasteiger partial charge on any atom is 0.164 e. The number of aromatic nitrogens is 9. The predicted molar refractivity (Wildman–Crippen MR) is 216 cm³/mol. The van der Waals surface area contributed by atoms with Crippen LogP contribution in [-0.2, 0) is 0 Å². The Bertz CT molecular complexity index is 2350. The van der Waals surface area contributed by atoms with Crippen molar-refractivity contribution < 1.29 is 0 Å². The lowest BCUT2D eigenvalue weighted by molar-refractivity contribution is 0.697. The van der Waals surface area contributed by atoms with Gasteiger partial charge in [-0.3, -0.25) is 0 Å². The number of hydrogen-bond acceptors (Lipinski definition) is 9. The zero-order valence-electron chi connectivity index (χ0n) is 32.1. The smallest absolute Gasteiger partial charge is 0.164 e. The van der Waals surface area contributed by atoms with Crippen LogP contribution in [0.15, 0.2) is 103 Å². The second-order valence-electron chi connectivity index (χ2n) is 14.7. The topological polar surface area (TPSA) is 116 Å². The fraction of sp³-hybridized carbons (Fsp3) is 0.267. The lowest BCUT2D eigenvalue weighted by atomic mass is 9.96. The summed E-state index contributed by atoms with van der Waals surface area (Å²) in [6, 6.07) is 34.7. The SMILES string of the molecule is CC(C)c1nc(-c2cccc(-c3nc(-c4ccccc4)nc(-c4ccc(-c5nc(C(C)C)nc(C(C)C)n5)c(-c5ccccc5)c4)n3)c2)nc(C(C)C)n1. The van der Waals surface area contributed by atoms with Gasteiger partial charge < -0.3 is 0 Å². The van der Waals surface area contributed by atoms with E-state index in [2.05, 4.69) is 85.7 Å². The zero-order valence-corrected chi connectivity index (χ0v) is 32.1. The van der Waals surface area contributed by atoms with Crippen molar-refractivity contribution in [1.29, 1.82) is 0 Å². The summed E-state index contributed by atoms with van der Waals surface area (Å²) in [6.45, 7) is 16.8. The summed E-state index contributed by atoms with van der Waals surface area (Å²) < 4.78 is 0. The van der Waals surface area contributed by atoms with Crippen LogP contribution in [0.3, 0.4) is 0 Å². The average molecular weight is 712 g/mol. The molecule has 0 aliphatic carbocycles. The summed E-state index contributed by atoms with van der Waals surface area (Å²) in [5.74, 6) is 6.73. The van der Waals surface area contributed by atoms with Crippen LogP contribution >= 0.6 is 0 Å². The van der Waals surface area contributed by atoms with Crippen molar-refractivity contribution in [1.82, 2.24) is 44.9 Å². The van der Waals surface area contributed by atoms with E-state index >= 15 is 0 Å². The molecule has 7 aromatic rings. The van der Waals surface area contributed by atoms with Gasteiger partial charge in [-0.25, -0.2) is 44.9 Å². The molecule has 0 spiro atoms. The van der Waals surface area contributed by atoms with E-state index in [4.69, 9.17) is 44.9 Å². The molecule has 7 rings (SSSR count). The third kappa shape index (κ3) is 7.81. The molecule has 54 heavy (non-hydrogen) atoms. The largest absolute Gasteiger partial charge is 0.217 e. The molecule has 0 saturated heterocycles. The summed E-state index contributed by atoms with van der Waals surface area (Å²) in [5.41, 5.74) is 6.38. The Hall–Kier alpha value is -6.09. The Labute approximate surface area is 317 Å². The van der Waals surface area contributed by atoms with Crippen LogP contribution in [0.1, 0.15) is 102 Å². The van der Waals surface area contributed by atoms with Crippen LogP contribution in [0, 0.1) is 0 Å². The van der Waals surface area contributed by atoms with E-state index in [-0.39, 0.29) is 23.7 Å². The second kappa shape index (κ2) is 15.5.